The highest BCUT2D eigenvalue weighted by Crippen LogP contribution is 2.51. The lowest BCUT2D eigenvalue weighted by Gasteiger charge is -2.30. The lowest BCUT2D eigenvalue weighted by molar-refractivity contribution is -0.139. The molecule has 2 aliphatic rings. The maximum Gasteiger partial charge on any atom is 0.310 e. The Hall–Kier alpha value is -3.34. The van der Waals surface area contributed by atoms with Gasteiger partial charge in [-0.2, -0.15) is 0 Å². The molecule has 1 fully saturated rings. The van der Waals surface area contributed by atoms with Crippen LogP contribution in [-0.2, 0) is 17.8 Å². The zero-order chi connectivity index (χ0) is 26.9. The van der Waals surface area contributed by atoms with E-state index in [1.165, 1.54) is 6.07 Å². The molecule has 0 aromatic heterocycles. The molecule has 200 valence electrons. The standard InChI is InChI=1S/C33H37FO4/c1-33(2)16-6-9-30(33)28-17-21(10-14-25(28)29-18-23(37-3)13-15-31(29)34)20-38-24-12-11-22-7-4-5-8-26(32(35)36)27(22)19-24/h10-15,17-19,26,30H,4-9,16,20H2,1-3H3,(H,35,36). The first kappa shape index (κ1) is 26.3. The minimum absolute atomic E-state index is 0.117. The number of benzene rings is 3. The number of aryl methyl sites for hydroxylation is 1. The van der Waals surface area contributed by atoms with Crippen LogP contribution < -0.4 is 9.47 Å². The summed E-state index contributed by atoms with van der Waals surface area (Å²) in [6.07, 6.45) is 6.85. The van der Waals surface area contributed by atoms with Gasteiger partial charge in [0.1, 0.15) is 23.9 Å². The van der Waals surface area contributed by atoms with Crippen LogP contribution in [0.3, 0.4) is 0 Å². The van der Waals surface area contributed by atoms with Crippen LogP contribution >= 0.6 is 0 Å². The molecule has 0 spiro atoms. The molecule has 0 radical (unpaired) electrons. The van der Waals surface area contributed by atoms with Gasteiger partial charge in [-0.3, -0.25) is 4.79 Å². The molecule has 5 heteroatoms. The van der Waals surface area contributed by atoms with Gasteiger partial charge in [-0.05, 0) is 102 Å². The fraction of sp³-hybridized carbons (Fsp3) is 0.424. The van der Waals surface area contributed by atoms with E-state index in [0.29, 0.717) is 36.0 Å². The van der Waals surface area contributed by atoms with Gasteiger partial charge in [-0.15, -0.1) is 0 Å². The molecule has 2 atom stereocenters. The van der Waals surface area contributed by atoms with E-state index in [1.54, 1.807) is 19.2 Å². The second-order valence-corrected chi connectivity index (χ2v) is 11.5. The Labute approximate surface area is 224 Å². The van der Waals surface area contributed by atoms with E-state index < -0.39 is 11.9 Å². The van der Waals surface area contributed by atoms with Crippen molar-refractivity contribution in [2.45, 2.75) is 77.2 Å². The third kappa shape index (κ3) is 5.29. The molecule has 0 heterocycles. The molecule has 0 amide bonds. The van der Waals surface area contributed by atoms with Gasteiger partial charge in [-0.1, -0.05) is 51.0 Å². The highest BCUT2D eigenvalue weighted by molar-refractivity contribution is 5.77. The summed E-state index contributed by atoms with van der Waals surface area (Å²) in [5.41, 5.74) is 5.72. The zero-order valence-electron chi connectivity index (χ0n) is 22.6. The minimum atomic E-state index is -0.769. The fourth-order valence-corrected chi connectivity index (χ4v) is 6.43. The quantitative estimate of drug-likeness (QED) is 0.321. The third-order valence-corrected chi connectivity index (χ3v) is 8.60. The fourth-order valence-electron chi connectivity index (χ4n) is 6.43. The van der Waals surface area contributed by atoms with Crippen molar-refractivity contribution in [1.29, 1.82) is 0 Å². The number of rotatable bonds is 7. The molecule has 0 bridgehead atoms. The molecule has 3 aromatic carbocycles. The Morgan fingerprint density at radius 1 is 0.947 bits per heavy atom. The van der Waals surface area contributed by atoms with Crippen LogP contribution in [0.4, 0.5) is 4.39 Å². The summed E-state index contributed by atoms with van der Waals surface area (Å²) in [4.78, 5) is 11.9. The van der Waals surface area contributed by atoms with Crippen molar-refractivity contribution < 1.29 is 23.8 Å². The highest BCUT2D eigenvalue weighted by Gasteiger charge is 2.37. The van der Waals surface area contributed by atoms with E-state index in [2.05, 4.69) is 19.9 Å². The summed E-state index contributed by atoms with van der Waals surface area (Å²) in [6.45, 7) is 4.96. The van der Waals surface area contributed by atoms with Gasteiger partial charge < -0.3 is 14.6 Å². The van der Waals surface area contributed by atoms with E-state index in [1.807, 2.05) is 30.3 Å². The van der Waals surface area contributed by atoms with Gasteiger partial charge in [-0.25, -0.2) is 4.39 Å². The first-order valence-corrected chi connectivity index (χ1v) is 13.7. The molecule has 1 saturated carbocycles. The van der Waals surface area contributed by atoms with Gasteiger partial charge in [0, 0.05) is 5.56 Å². The van der Waals surface area contributed by atoms with Crippen molar-refractivity contribution in [3.05, 3.63) is 82.7 Å². The summed E-state index contributed by atoms with van der Waals surface area (Å²) in [5.74, 6) is 0.117. The van der Waals surface area contributed by atoms with Crippen LogP contribution in [-0.4, -0.2) is 18.2 Å². The first-order chi connectivity index (χ1) is 18.3. The molecule has 0 aliphatic heterocycles. The van der Waals surface area contributed by atoms with Gasteiger partial charge in [0.2, 0.25) is 0 Å². The van der Waals surface area contributed by atoms with Crippen molar-refractivity contribution in [3.63, 3.8) is 0 Å². The van der Waals surface area contributed by atoms with E-state index >= 15 is 4.39 Å². The Bertz CT molecular complexity index is 1330. The second kappa shape index (κ2) is 10.8. The molecule has 5 rings (SSSR count). The monoisotopic (exact) mass is 516 g/mol. The number of hydrogen-bond donors (Lipinski definition) is 1. The minimum Gasteiger partial charge on any atom is -0.497 e. The summed E-state index contributed by atoms with van der Waals surface area (Å²) in [7, 11) is 1.60. The molecule has 2 unspecified atom stereocenters. The maximum atomic E-state index is 15.1. The smallest absolute Gasteiger partial charge is 0.310 e. The van der Waals surface area contributed by atoms with Crippen LogP contribution in [0.1, 0.15) is 86.5 Å². The van der Waals surface area contributed by atoms with E-state index in [9.17, 15) is 9.90 Å². The van der Waals surface area contributed by atoms with Crippen LogP contribution in [0.15, 0.2) is 54.6 Å². The number of aliphatic carboxylic acids is 1. The molecule has 38 heavy (non-hydrogen) atoms. The summed E-state index contributed by atoms with van der Waals surface area (Å²) < 4.78 is 26.7. The van der Waals surface area contributed by atoms with Crippen molar-refractivity contribution in [2.75, 3.05) is 7.11 Å². The summed E-state index contributed by atoms with van der Waals surface area (Å²) >= 11 is 0. The Kier molecular flexibility index (Phi) is 7.47. The number of carbonyl (C=O) groups is 1. The number of fused-ring (bicyclic) bond motifs is 1. The zero-order valence-corrected chi connectivity index (χ0v) is 22.6. The van der Waals surface area contributed by atoms with Crippen LogP contribution in [0.25, 0.3) is 11.1 Å². The first-order valence-electron chi connectivity index (χ1n) is 13.7. The number of halogens is 1. The van der Waals surface area contributed by atoms with E-state index in [-0.39, 0.29) is 11.2 Å². The second-order valence-electron chi connectivity index (χ2n) is 11.5. The Balaban J connectivity index is 1.47. The number of carboxylic acid groups (broad SMARTS) is 1. The van der Waals surface area contributed by atoms with Gasteiger partial charge in [0.25, 0.3) is 0 Å². The van der Waals surface area contributed by atoms with Gasteiger partial charge >= 0.3 is 5.97 Å². The van der Waals surface area contributed by atoms with E-state index in [0.717, 1.165) is 66.3 Å². The maximum absolute atomic E-state index is 15.1. The van der Waals surface area contributed by atoms with E-state index in [4.69, 9.17) is 9.47 Å². The normalized spacial score (nSPS) is 20.4. The Morgan fingerprint density at radius 2 is 1.76 bits per heavy atom. The van der Waals surface area contributed by atoms with Crippen molar-refractivity contribution in [2.24, 2.45) is 5.41 Å². The molecule has 1 N–H and O–H groups in total. The van der Waals surface area contributed by atoms with Gasteiger partial charge in [0.05, 0.1) is 13.0 Å². The average molecular weight is 517 g/mol. The third-order valence-electron chi connectivity index (χ3n) is 8.60. The van der Waals surface area contributed by atoms with Crippen molar-refractivity contribution in [3.8, 4) is 22.6 Å². The van der Waals surface area contributed by atoms with Crippen LogP contribution in [0.2, 0.25) is 0 Å². The molecular formula is C33H37FO4. The molecule has 4 nitrogen and oxygen atoms in total. The molecule has 2 aliphatic carbocycles. The average Bonchev–Trinajstić information content (AvgIpc) is 3.12. The van der Waals surface area contributed by atoms with Crippen LogP contribution in [0.5, 0.6) is 11.5 Å². The van der Waals surface area contributed by atoms with Crippen molar-refractivity contribution >= 4 is 5.97 Å². The van der Waals surface area contributed by atoms with Gasteiger partial charge in [0.15, 0.2) is 0 Å². The van der Waals surface area contributed by atoms with Crippen LogP contribution in [0, 0.1) is 11.2 Å². The molecule has 3 aromatic rings. The topological polar surface area (TPSA) is 55.8 Å². The molecule has 0 saturated heterocycles. The number of methoxy groups -OCH3 is 1. The predicted octanol–water partition coefficient (Wildman–Crippen LogP) is 8.27. The lowest BCUT2D eigenvalue weighted by Crippen LogP contribution is -2.17. The lowest BCUT2D eigenvalue weighted by atomic mass is 9.75. The SMILES string of the molecule is COc1ccc(F)c(-c2ccc(COc3ccc4c(c3)C(C(=O)O)CCCC4)cc2C2CCCC2(C)C)c1. The largest absolute Gasteiger partial charge is 0.497 e. The Morgan fingerprint density at radius 3 is 2.50 bits per heavy atom. The summed E-state index contributed by atoms with van der Waals surface area (Å²) in [5, 5.41) is 9.78. The van der Waals surface area contributed by atoms with Crippen molar-refractivity contribution in [1.82, 2.24) is 0 Å². The molecular weight excluding hydrogens is 479 g/mol. The number of hydrogen-bond acceptors (Lipinski definition) is 3. The number of ether oxygens (including phenoxy) is 2. The predicted molar refractivity (Wildman–Crippen MR) is 147 cm³/mol. The number of carboxylic acids is 1. The highest BCUT2D eigenvalue weighted by atomic mass is 19.1. The summed E-state index contributed by atoms with van der Waals surface area (Å²) in [6, 6.07) is 17.0.